The molecule has 0 bridgehead atoms. The number of ether oxygens (including phenoxy) is 1. The number of nitrogens with zero attached hydrogens (tertiary/aromatic N) is 2. The first kappa shape index (κ1) is 16.7. The van der Waals surface area contributed by atoms with E-state index >= 15 is 0 Å². The third-order valence-electron chi connectivity index (χ3n) is 4.20. The Morgan fingerprint density at radius 2 is 2.16 bits per heavy atom. The minimum absolute atomic E-state index is 0.0266. The number of rotatable bonds is 5. The summed E-state index contributed by atoms with van der Waals surface area (Å²) in [6.45, 7) is 4.95. The highest BCUT2D eigenvalue weighted by Crippen LogP contribution is 2.33. The van der Waals surface area contributed by atoms with E-state index in [4.69, 9.17) is 4.74 Å². The summed E-state index contributed by atoms with van der Waals surface area (Å²) in [5, 5.41) is 6.07. The van der Waals surface area contributed by atoms with Crippen LogP contribution in [0.4, 0.5) is 0 Å². The minimum Gasteiger partial charge on any atom is -0.379 e. The number of amides is 1. The van der Waals surface area contributed by atoms with Crippen LogP contribution in [0.25, 0.3) is 20.1 Å². The third kappa shape index (κ3) is 3.90. The van der Waals surface area contributed by atoms with Gasteiger partial charge in [-0.05, 0) is 29.6 Å². The van der Waals surface area contributed by atoms with Gasteiger partial charge in [-0.2, -0.15) is 0 Å². The maximum absolute atomic E-state index is 12.4. The predicted molar refractivity (Wildman–Crippen MR) is 103 cm³/mol. The highest BCUT2D eigenvalue weighted by atomic mass is 32.1. The van der Waals surface area contributed by atoms with E-state index in [1.54, 1.807) is 22.7 Å². The van der Waals surface area contributed by atoms with Crippen molar-refractivity contribution < 1.29 is 9.53 Å². The lowest BCUT2D eigenvalue weighted by Crippen LogP contribution is -2.41. The fourth-order valence-electron chi connectivity index (χ4n) is 2.83. The number of hydrogen-bond acceptors (Lipinski definition) is 6. The number of morpholine rings is 1. The van der Waals surface area contributed by atoms with Gasteiger partial charge >= 0.3 is 0 Å². The van der Waals surface area contributed by atoms with Gasteiger partial charge in [-0.1, -0.05) is 6.07 Å². The largest absolute Gasteiger partial charge is 0.379 e. The Morgan fingerprint density at radius 3 is 2.96 bits per heavy atom. The zero-order valence-electron chi connectivity index (χ0n) is 13.7. The van der Waals surface area contributed by atoms with Crippen LogP contribution in [0.5, 0.6) is 0 Å². The summed E-state index contributed by atoms with van der Waals surface area (Å²) in [6.07, 6.45) is 0. The van der Waals surface area contributed by atoms with Crippen LogP contribution >= 0.6 is 22.7 Å². The van der Waals surface area contributed by atoms with Crippen LogP contribution in [0.15, 0.2) is 35.7 Å². The van der Waals surface area contributed by atoms with Gasteiger partial charge < -0.3 is 10.1 Å². The van der Waals surface area contributed by atoms with Crippen molar-refractivity contribution in [2.75, 3.05) is 39.4 Å². The van der Waals surface area contributed by atoms with Crippen LogP contribution in [0, 0.1) is 0 Å². The van der Waals surface area contributed by atoms with Gasteiger partial charge in [0.2, 0.25) is 0 Å². The normalized spacial score (nSPS) is 15.5. The zero-order valence-corrected chi connectivity index (χ0v) is 15.4. The fraction of sp³-hybridized carbons (Fsp3) is 0.333. The molecule has 1 saturated heterocycles. The summed E-state index contributed by atoms with van der Waals surface area (Å²) < 4.78 is 6.38. The number of thiophene rings is 1. The van der Waals surface area contributed by atoms with Gasteiger partial charge in [0.05, 0.1) is 28.3 Å². The first-order valence-electron chi connectivity index (χ1n) is 8.32. The van der Waals surface area contributed by atoms with E-state index in [9.17, 15) is 4.79 Å². The Kier molecular flexibility index (Phi) is 5.07. The Morgan fingerprint density at radius 1 is 1.28 bits per heavy atom. The molecule has 0 aliphatic carbocycles. The second-order valence-electron chi connectivity index (χ2n) is 5.89. The molecule has 1 N–H and O–H groups in total. The van der Waals surface area contributed by atoms with Crippen molar-refractivity contribution in [1.82, 2.24) is 15.2 Å². The molecule has 0 saturated carbocycles. The van der Waals surface area contributed by atoms with Gasteiger partial charge in [0.1, 0.15) is 5.01 Å². The Balaban J connectivity index is 1.41. The number of hydrogen-bond donors (Lipinski definition) is 1. The fourth-order valence-corrected chi connectivity index (χ4v) is 4.63. The average molecular weight is 374 g/mol. The molecule has 5 nitrogen and oxygen atoms in total. The maximum atomic E-state index is 12.4. The standard InChI is InChI=1S/C18H19N3O2S2/c22-17(19-5-6-21-7-9-23-10-8-21)13-3-4-14-16(12-13)25-18(20-14)15-2-1-11-24-15/h1-4,11-12H,5-10H2,(H,19,22). The molecule has 25 heavy (non-hydrogen) atoms. The van der Waals surface area contributed by atoms with Gasteiger partial charge in [-0.15, -0.1) is 22.7 Å². The van der Waals surface area contributed by atoms with Gasteiger partial charge in [0.25, 0.3) is 5.91 Å². The van der Waals surface area contributed by atoms with E-state index in [1.807, 2.05) is 24.3 Å². The summed E-state index contributed by atoms with van der Waals surface area (Å²) >= 11 is 3.31. The molecule has 130 valence electrons. The van der Waals surface area contributed by atoms with Crippen molar-refractivity contribution in [3.63, 3.8) is 0 Å². The van der Waals surface area contributed by atoms with Crippen molar-refractivity contribution in [3.05, 3.63) is 41.3 Å². The van der Waals surface area contributed by atoms with Crippen molar-refractivity contribution in [2.45, 2.75) is 0 Å². The van der Waals surface area contributed by atoms with Crippen molar-refractivity contribution in [1.29, 1.82) is 0 Å². The molecule has 0 atom stereocenters. The number of carbonyl (C=O) groups is 1. The monoisotopic (exact) mass is 373 g/mol. The molecule has 0 radical (unpaired) electrons. The summed E-state index contributed by atoms with van der Waals surface area (Å²) in [4.78, 5) is 20.5. The molecule has 1 aliphatic rings. The van der Waals surface area contributed by atoms with Crippen molar-refractivity contribution in [2.24, 2.45) is 0 Å². The first-order chi connectivity index (χ1) is 12.3. The molecule has 0 spiro atoms. The second-order valence-corrected chi connectivity index (χ2v) is 7.87. The van der Waals surface area contributed by atoms with E-state index in [0.717, 1.165) is 52.9 Å². The van der Waals surface area contributed by atoms with Crippen molar-refractivity contribution >= 4 is 38.8 Å². The molecular weight excluding hydrogens is 354 g/mol. The Bertz CT molecular complexity index is 854. The highest BCUT2D eigenvalue weighted by molar-refractivity contribution is 7.25. The minimum atomic E-state index is -0.0266. The van der Waals surface area contributed by atoms with E-state index in [1.165, 1.54) is 0 Å². The van der Waals surface area contributed by atoms with Gasteiger partial charge in [-0.25, -0.2) is 4.98 Å². The average Bonchev–Trinajstić information content (AvgIpc) is 3.31. The van der Waals surface area contributed by atoms with Gasteiger partial charge in [-0.3, -0.25) is 9.69 Å². The van der Waals surface area contributed by atoms with E-state index in [-0.39, 0.29) is 5.91 Å². The van der Waals surface area contributed by atoms with Crippen LogP contribution in [0.3, 0.4) is 0 Å². The second kappa shape index (κ2) is 7.61. The molecule has 3 heterocycles. The molecule has 1 amide bonds. The van der Waals surface area contributed by atoms with Crippen LogP contribution in [-0.4, -0.2) is 55.2 Å². The van der Waals surface area contributed by atoms with E-state index < -0.39 is 0 Å². The zero-order chi connectivity index (χ0) is 17.1. The number of carbonyl (C=O) groups excluding carboxylic acids is 1. The molecule has 0 unspecified atom stereocenters. The smallest absolute Gasteiger partial charge is 0.251 e. The van der Waals surface area contributed by atoms with Gasteiger partial charge in [0, 0.05) is 31.7 Å². The maximum Gasteiger partial charge on any atom is 0.251 e. The van der Waals surface area contributed by atoms with E-state index in [2.05, 4.69) is 26.6 Å². The van der Waals surface area contributed by atoms with Gasteiger partial charge in [0.15, 0.2) is 0 Å². The number of fused-ring (bicyclic) bond motifs is 1. The molecule has 1 fully saturated rings. The lowest BCUT2D eigenvalue weighted by Gasteiger charge is -2.26. The quantitative estimate of drug-likeness (QED) is 0.747. The molecule has 4 rings (SSSR count). The number of nitrogens with one attached hydrogen (secondary N) is 1. The highest BCUT2D eigenvalue weighted by Gasteiger charge is 2.13. The predicted octanol–water partition coefficient (Wildman–Crippen LogP) is 3.09. The number of thiazole rings is 1. The topological polar surface area (TPSA) is 54.5 Å². The Labute approximate surface area is 154 Å². The Hall–Kier alpha value is -1.80. The summed E-state index contributed by atoms with van der Waals surface area (Å²) in [7, 11) is 0. The first-order valence-corrected chi connectivity index (χ1v) is 10.0. The lowest BCUT2D eigenvalue weighted by molar-refractivity contribution is 0.0383. The summed E-state index contributed by atoms with van der Waals surface area (Å²) in [5.41, 5.74) is 1.63. The molecule has 1 aliphatic heterocycles. The third-order valence-corrected chi connectivity index (χ3v) is 6.26. The molecular formula is C18H19N3O2S2. The summed E-state index contributed by atoms with van der Waals surface area (Å²) in [6, 6.07) is 9.82. The molecule has 2 aromatic heterocycles. The van der Waals surface area contributed by atoms with Crippen LogP contribution in [0.1, 0.15) is 10.4 Å². The van der Waals surface area contributed by atoms with Crippen LogP contribution < -0.4 is 5.32 Å². The summed E-state index contributed by atoms with van der Waals surface area (Å²) in [5.74, 6) is -0.0266. The van der Waals surface area contributed by atoms with Crippen molar-refractivity contribution in [3.8, 4) is 9.88 Å². The SMILES string of the molecule is O=C(NCCN1CCOCC1)c1ccc2nc(-c3cccs3)sc2c1. The van der Waals surface area contributed by atoms with Crippen LogP contribution in [-0.2, 0) is 4.74 Å². The molecule has 1 aromatic carbocycles. The van der Waals surface area contributed by atoms with E-state index in [0.29, 0.717) is 12.1 Å². The number of benzene rings is 1. The molecule has 7 heteroatoms. The molecule has 3 aromatic rings. The number of aromatic nitrogens is 1. The lowest BCUT2D eigenvalue weighted by atomic mass is 10.2. The van der Waals surface area contributed by atoms with Crippen LogP contribution in [0.2, 0.25) is 0 Å².